The molecule has 0 fully saturated rings. The highest BCUT2D eigenvalue weighted by Crippen LogP contribution is 2.26. The number of phenolic OH excluding ortho intramolecular Hbond substituents is 1. The van der Waals surface area contributed by atoms with E-state index in [-0.39, 0.29) is 29.3 Å². The minimum absolute atomic E-state index is 0.0262. The first-order chi connectivity index (χ1) is 18.9. The molecule has 11 heteroatoms. The molecule has 5 aromatic rings. The van der Waals surface area contributed by atoms with Crippen LogP contribution >= 0.6 is 0 Å². The van der Waals surface area contributed by atoms with Crippen LogP contribution in [0.2, 0.25) is 0 Å². The fourth-order valence-corrected chi connectivity index (χ4v) is 3.86. The molecule has 0 radical (unpaired) electrons. The largest absolute Gasteiger partial charge is 0.507 e. The predicted molar refractivity (Wildman–Crippen MR) is 152 cm³/mol. The molecule has 4 aromatic carbocycles. The normalized spacial score (nSPS) is 11.0. The molecule has 194 valence electrons. The summed E-state index contributed by atoms with van der Waals surface area (Å²) >= 11 is 0. The molecule has 0 saturated carbocycles. The molecular weight excluding hydrogens is 496 g/mol. The lowest BCUT2D eigenvalue weighted by Crippen LogP contribution is -2.07. The van der Waals surface area contributed by atoms with Crippen molar-refractivity contribution in [2.75, 3.05) is 16.1 Å². The lowest BCUT2D eigenvalue weighted by Gasteiger charge is -2.11. The molecule has 0 spiro atoms. The number of anilines is 5. The number of nitro groups is 1. The van der Waals surface area contributed by atoms with Gasteiger partial charge in [-0.2, -0.15) is 20.1 Å². The van der Waals surface area contributed by atoms with E-state index in [2.05, 4.69) is 36.1 Å². The Kier molecular flexibility index (Phi) is 6.95. The van der Waals surface area contributed by atoms with Crippen LogP contribution in [0, 0.1) is 24.0 Å². The summed E-state index contributed by atoms with van der Waals surface area (Å²) in [7, 11) is 0. The summed E-state index contributed by atoms with van der Waals surface area (Å²) in [6, 6.07) is 22.9. The van der Waals surface area contributed by atoms with E-state index < -0.39 is 4.92 Å². The van der Waals surface area contributed by atoms with Gasteiger partial charge in [-0.3, -0.25) is 10.1 Å². The number of aryl methyl sites for hydroxylation is 2. The molecule has 0 aliphatic heterocycles. The van der Waals surface area contributed by atoms with E-state index >= 15 is 0 Å². The molecule has 11 nitrogen and oxygen atoms in total. The number of phenols is 1. The van der Waals surface area contributed by atoms with Crippen molar-refractivity contribution in [2.45, 2.75) is 13.8 Å². The molecule has 5 rings (SSSR count). The van der Waals surface area contributed by atoms with Crippen molar-refractivity contribution < 1.29 is 10.0 Å². The Bertz CT molecular complexity index is 1700. The molecule has 0 saturated heterocycles. The van der Waals surface area contributed by atoms with Gasteiger partial charge in [-0.1, -0.05) is 36.4 Å². The van der Waals surface area contributed by atoms with Gasteiger partial charge in [0.05, 0.1) is 11.1 Å². The highest BCUT2D eigenvalue weighted by atomic mass is 16.6. The van der Waals surface area contributed by atoms with Crippen molar-refractivity contribution in [1.29, 1.82) is 0 Å². The Hall–Kier alpha value is -5.58. The summed E-state index contributed by atoms with van der Waals surface area (Å²) in [6.07, 6.45) is 1.50. The maximum Gasteiger partial charge on any atom is 0.269 e. The van der Waals surface area contributed by atoms with Crippen LogP contribution in [0.1, 0.15) is 16.7 Å². The molecule has 1 aromatic heterocycles. The Morgan fingerprint density at radius 2 is 1.49 bits per heavy atom. The van der Waals surface area contributed by atoms with Crippen molar-refractivity contribution in [3.63, 3.8) is 0 Å². The third-order valence-electron chi connectivity index (χ3n) is 6.04. The lowest BCUT2D eigenvalue weighted by atomic mass is 10.0. The number of aromatic hydroxyl groups is 1. The average Bonchev–Trinajstić information content (AvgIpc) is 2.92. The van der Waals surface area contributed by atoms with E-state index in [9.17, 15) is 15.2 Å². The van der Waals surface area contributed by atoms with Crippen LogP contribution in [-0.4, -0.2) is 31.2 Å². The molecule has 0 amide bonds. The van der Waals surface area contributed by atoms with E-state index in [1.807, 2.05) is 62.4 Å². The third kappa shape index (κ3) is 5.88. The second-order valence-corrected chi connectivity index (χ2v) is 8.75. The van der Waals surface area contributed by atoms with Gasteiger partial charge in [0.15, 0.2) is 0 Å². The quantitative estimate of drug-likeness (QED) is 0.107. The molecule has 0 unspecified atom stereocenters. The number of hydrazone groups is 1. The smallest absolute Gasteiger partial charge is 0.269 e. The number of nitrogens with one attached hydrogen (secondary N) is 3. The van der Waals surface area contributed by atoms with Crippen LogP contribution in [0.15, 0.2) is 84.0 Å². The van der Waals surface area contributed by atoms with Gasteiger partial charge < -0.3 is 15.7 Å². The van der Waals surface area contributed by atoms with Gasteiger partial charge in [0, 0.05) is 29.1 Å². The Labute approximate surface area is 223 Å². The van der Waals surface area contributed by atoms with Crippen LogP contribution in [0.5, 0.6) is 5.75 Å². The first kappa shape index (κ1) is 25.1. The molecule has 0 aliphatic rings. The predicted octanol–water partition coefficient (Wildman–Crippen LogP) is 6.19. The van der Waals surface area contributed by atoms with Crippen molar-refractivity contribution in [2.24, 2.45) is 5.10 Å². The fraction of sp³-hybridized carbons (Fsp3) is 0.0714. The minimum Gasteiger partial charge on any atom is -0.507 e. The molecule has 0 atom stereocenters. The third-order valence-corrected chi connectivity index (χ3v) is 6.04. The van der Waals surface area contributed by atoms with Gasteiger partial charge in [-0.25, -0.2) is 5.43 Å². The monoisotopic (exact) mass is 520 g/mol. The van der Waals surface area contributed by atoms with E-state index in [0.717, 1.165) is 27.6 Å². The summed E-state index contributed by atoms with van der Waals surface area (Å²) in [4.78, 5) is 23.8. The second-order valence-electron chi connectivity index (χ2n) is 8.75. The lowest BCUT2D eigenvalue weighted by molar-refractivity contribution is -0.384. The number of aromatic nitrogens is 3. The van der Waals surface area contributed by atoms with Gasteiger partial charge in [-0.05, 0) is 66.1 Å². The van der Waals surface area contributed by atoms with Crippen LogP contribution < -0.4 is 16.1 Å². The zero-order valence-corrected chi connectivity index (χ0v) is 21.1. The van der Waals surface area contributed by atoms with Crippen LogP contribution in [0.25, 0.3) is 10.8 Å². The fourth-order valence-electron chi connectivity index (χ4n) is 3.86. The number of nitrogens with zero attached hydrogens (tertiary/aromatic N) is 5. The van der Waals surface area contributed by atoms with Crippen LogP contribution in [0.3, 0.4) is 0 Å². The van der Waals surface area contributed by atoms with Crippen LogP contribution in [0.4, 0.5) is 34.9 Å². The maximum absolute atomic E-state index is 11.0. The SMILES string of the molecule is Cc1ccc(Nc2nc(N/N=C/c3c(O)ccc4ccccc34)nc(Nc3ccc([N+](=O)[O-])cc3)n2)cc1C. The van der Waals surface area contributed by atoms with E-state index in [4.69, 9.17) is 0 Å². The molecule has 0 bridgehead atoms. The number of hydrogen-bond donors (Lipinski definition) is 4. The summed E-state index contributed by atoms with van der Waals surface area (Å²) in [6.45, 7) is 4.04. The van der Waals surface area contributed by atoms with Crippen molar-refractivity contribution in [3.05, 3.63) is 106 Å². The highest BCUT2D eigenvalue weighted by molar-refractivity contribution is 6.02. The van der Waals surface area contributed by atoms with Gasteiger partial charge in [0.2, 0.25) is 17.8 Å². The van der Waals surface area contributed by atoms with Gasteiger partial charge in [0.25, 0.3) is 5.69 Å². The molecule has 0 aliphatic carbocycles. The van der Waals surface area contributed by atoms with Crippen molar-refractivity contribution in [1.82, 2.24) is 15.0 Å². The van der Waals surface area contributed by atoms with Crippen molar-refractivity contribution >= 4 is 51.9 Å². The van der Waals surface area contributed by atoms with E-state index in [0.29, 0.717) is 11.3 Å². The van der Waals surface area contributed by atoms with E-state index in [1.165, 1.54) is 18.3 Å². The summed E-state index contributed by atoms with van der Waals surface area (Å²) in [5.74, 6) is 0.670. The summed E-state index contributed by atoms with van der Waals surface area (Å²) in [5.41, 5.74) is 6.94. The highest BCUT2D eigenvalue weighted by Gasteiger charge is 2.10. The van der Waals surface area contributed by atoms with Gasteiger partial charge in [0.1, 0.15) is 5.75 Å². The zero-order chi connectivity index (χ0) is 27.4. The number of non-ortho nitro benzene ring substituents is 1. The molecule has 1 heterocycles. The van der Waals surface area contributed by atoms with E-state index in [1.54, 1.807) is 18.2 Å². The number of benzene rings is 4. The number of nitro benzene ring substituents is 1. The summed E-state index contributed by atoms with van der Waals surface area (Å²) in [5, 5.41) is 33.7. The van der Waals surface area contributed by atoms with Gasteiger partial charge in [-0.15, -0.1) is 0 Å². The van der Waals surface area contributed by atoms with Gasteiger partial charge >= 0.3 is 0 Å². The standard InChI is InChI=1S/C28H24N8O3/c1-17-7-9-21(15-18(17)2)31-27-32-26(30-20-10-12-22(13-11-20)36(38)39)33-28(34-27)35-29-16-24-23-6-4-3-5-19(23)8-14-25(24)37/h3-16,37H,1-2H3,(H3,30,31,32,33,34,35)/b29-16+. The zero-order valence-electron chi connectivity index (χ0n) is 21.1. The topological polar surface area (TPSA) is 150 Å². The molecule has 39 heavy (non-hydrogen) atoms. The number of hydrogen-bond acceptors (Lipinski definition) is 10. The first-order valence-electron chi connectivity index (χ1n) is 12.0. The Morgan fingerprint density at radius 1 is 0.821 bits per heavy atom. The molecule has 4 N–H and O–H groups in total. The maximum atomic E-state index is 11.0. The minimum atomic E-state index is -0.466. The Balaban J connectivity index is 1.44. The van der Waals surface area contributed by atoms with Crippen LogP contribution in [-0.2, 0) is 0 Å². The first-order valence-corrected chi connectivity index (χ1v) is 12.0. The molecular formula is C28H24N8O3. The average molecular weight is 521 g/mol. The summed E-state index contributed by atoms with van der Waals surface area (Å²) < 4.78 is 0. The Morgan fingerprint density at radius 3 is 2.21 bits per heavy atom. The van der Waals surface area contributed by atoms with Crippen molar-refractivity contribution in [3.8, 4) is 5.75 Å². The number of fused-ring (bicyclic) bond motifs is 1. The second kappa shape index (κ2) is 10.8. The number of rotatable bonds is 8.